The fourth-order valence-electron chi connectivity index (χ4n) is 2.01. The van der Waals surface area contributed by atoms with Crippen LogP contribution in [-0.4, -0.2) is 35.5 Å². The van der Waals surface area contributed by atoms with Gasteiger partial charge in [0.1, 0.15) is 11.9 Å². The van der Waals surface area contributed by atoms with Gasteiger partial charge in [-0.05, 0) is 19.9 Å². The molecule has 0 saturated carbocycles. The molecule has 0 aliphatic carbocycles. The average Bonchev–Trinajstić information content (AvgIpc) is 2.74. The van der Waals surface area contributed by atoms with Crippen LogP contribution in [-0.2, 0) is 4.79 Å². The number of hydrogen-bond donors (Lipinski definition) is 2. The quantitative estimate of drug-likeness (QED) is 0.720. The van der Waals surface area contributed by atoms with Crippen molar-refractivity contribution in [2.75, 3.05) is 18.5 Å². The van der Waals surface area contributed by atoms with E-state index in [9.17, 15) is 4.79 Å². The second-order valence-corrected chi connectivity index (χ2v) is 3.91. The van der Waals surface area contributed by atoms with Gasteiger partial charge in [-0.15, -0.1) is 0 Å². The number of aromatic amines is 1. The highest BCUT2D eigenvalue weighted by molar-refractivity contribution is 5.98. The Morgan fingerprint density at radius 1 is 1.69 bits per heavy atom. The Bertz CT molecular complexity index is 385. The fourth-order valence-corrected chi connectivity index (χ4v) is 2.01. The van der Waals surface area contributed by atoms with Crippen LogP contribution in [0.4, 0.5) is 5.82 Å². The van der Waals surface area contributed by atoms with Gasteiger partial charge in [0.05, 0.1) is 12.5 Å². The molecular formula is C11H16N4O. The lowest BCUT2D eigenvalue weighted by Gasteiger charge is -2.22. The molecule has 0 bridgehead atoms. The number of carbonyl (C=O) groups excluding carboxylic acids is 1. The molecule has 0 aromatic carbocycles. The van der Waals surface area contributed by atoms with Crippen molar-refractivity contribution < 1.29 is 4.79 Å². The molecule has 1 aromatic heterocycles. The summed E-state index contributed by atoms with van der Waals surface area (Å²) < 4.78 is 0. The first kappa shape index (κ1) is 10.9. The lowest BCUT2D eigenvalue weighted by Crippen LogP contribution is -2.45. The van der Waals surface area contributed by atoms with Crippen molar-refractivity contribution in [1.82, 2.24) is 15.3 Å². The van der Waals surface area contributed by atoms with Gasteiger partial charge in [-0.25, -0.2) is 4.98 Å². The van der Waals surface area contributed by atoms with Crippen LogP contribution in [0, 0.1) is 0 Å². The first-order valence-corrected chi connectivity index (χ1v) is 5.38. The molecule has 5 heteroatoms. The Hall–Kier alpha value is -1.62. The van der Waals surface area contributed by atoms with Crippen LogP contribution in [0.1, 0.15) is 12.8 Å². The van der Waals surface area contributed by atoms with E-state index in [0.717, 1.165) is 24.2 Å². The van der Waals surface area contributed by atoms with E-state index in [0.29, 0.717) is 6.54 Å². The molecule has 0 radical (unpaired) electrons. The highest BCUT2D eigenvalue weighted by Crippen LogP contribution is 2.20. The molecule has 0 spiro atoms. The van der Waals surface area contributed by atoms with Gasteiger partial charge in [-0.3, -0.25) is 9.69 Å². The van der Waals surface area contributed by atoms with Gasteiger partial charge in [0.15, 0.2) is 0 Å². The van der Waals surface area contributed by atoms with Gasteiger partial charge < -0.3 is 10.3 Å². The lowest BCUT2D eigenvalue weighted by atomic mass is 10.1. The van der Waals surface area contributed by atoms with E-state index in [1.54, 1.807) is 24.5 Å². The molecule has 1 aliphatic rings. The third kappa shape index (κ3) is 1.86. The summed E-state index contributed by atoms with van der Waals surface area (Å²) in [4.78, 5) is 20.9. The van der Waals surface area contributed by atoms with E-state index in [1.165, 1.54) is 0 Å². The topological polar surface area (TPSA) is 61.0 Å². The van der Waals surface area contributed by atoms with Crippen LogP contribution < -0.4 is 10.2 Å². The van der Waals surface area contributed by atoms with Crippen LogP contribution in [0.5, 0.6) is 0 Å². The Balaban J connectivity index is 2.26. The predicted octanol–water partition coefficient (Wildman–Crippen LogP) is 0.681. The minimum atomic E-state index is -0.286. The molecule has 2 heterocycles. The largest absolute Gasteiger partial charge is 0.331 e. The number of imidazole rings is 1. The molecule has 16 heavy (non-hydrogen) atoms. The molecule has 1 aliphatic heterocycles. The lowest BCUT2D eigenvalue weighted by molar-refractivity contribution is -0.119. The second-order valence-electron chi connectivity index (χ2n) is 3.91. The minimum absolute atomic E-state index is 0.0363. The fraction of sp³-hybridized carbons (Fsp3) is 0.455. The molecule has 1 unspecified atom stereocenters. The number of amides is 1. The normalized spacial score (nSPS) is 22.3. The molecule has 1 aromatic rings. The summed E-state index contributed by atoms with van der Waals surface area (Å²) >= 11 is 0. The van der Waals surface area contributed by atoms with E-state index in [2.05, 4.69) is 21.9 Å². The van der Waals surface area contributed by atoms with Gasteiger partial charge in [0.25, 0.3) is 0 Å². The molecule has 5 nitrogen and oxygen atoms in total. The first-order chi connectivity index (χ1) is 7.74. The molecule has 1 atom stereocenters. The van der Waals surface area contributed by atoms with Crippen molar-refractivity contribution in [2.45, 2.75) is 18.9 Å². The Kier molecular flexibility index (Phi) is 3.05. The maximum atomic E-state index is 12.2. The van der Waals surface area contributed by atoms with Crippen LogP contribution in [0.15, 0.2) is 24.7 Å². The zero-order chi connectivity index (χ0) is 11.5. The van der Waals surface area contributed by atoms with Crippen LogP contribution in [0.3, 0.4) is 0 Å². The average molecular weight is 220 g/mol. The maximum absolute atomic E-state index is 12.2. The number of hydrogen-bond acceptors (Lipinski definition) is 3. The van der Waals surface area contributed by atoms with Crippen molar-refractivity contribution in [3.8, 4) is 0 Å². The number of carbonyl (C=O) groups is 1. The van der Waals surface area contributed by atoms with E-state index in [1.807, 2.05) is 0 Å². The highest BCUT2D eigenvalue weighted by Gasteiger charge is 2.29. The monoisotopic (exact) mass is 220 g/mol. The van der Waals surface area contributed by atoms with Crippen molar-refractivity contribution in [2.24, 2.45) is 0 Å². The summed E-state index contributed by atoms with van der Waals surface area (Å²) in [5.74, 6) is 0.786. The summed E-state index contributed by atoms with van der Waals surface area (Å²) in [7, 11) is 1.78. The van der Waals surface area contributed by atoms with Gasteiger partial charge in [0.2, 0.25) is 5.91 Å². The number of aromatic nitrogens is 2. The van der Waals surface area contributed by atoms with Crippen molar-refractivity contribution >= 4 is 11.7 Å². The number of anilines is 1. The van der Waals surface area contributed by atoms with Crippen molar-refractivity contribution in [3.63, 3.8) is 0 Å². The molecule has 1 amide bonds. The molecule has 1 fully saturated rings. The molecule has 2 rings (SSSR count). The third-order valence-electron chi connectivity index (χ3n) is 2.86. The zero-order valence-corrected chi connectivity index (χ0v) is 9.36. The van der Waals surface area contributed by atoms with E-state index in [-0.39, 0.29) is 11.9 Å². The van der Waals surface area contributed by atoms with E-state index >= 15 is 0 Å². The van der Waals surface area contributed by atoms with Crippen LogP contribution >= 0.6 is 0 Å². The molecule has 2 N–H and O–H groups in total. The summed E-state index contributed by atoms with van der Waals surface area (Å²) in [6.07, 6.45) is 5.05. The highest BCUT2D eigenvalue weighted by atomic mass is 16.2. The number of nitrogens with zero attached hydrogens (tertiary/aromatic N) is 2. The maximum Gasteiger partial charge on any atom is 0.249 e. The SMILES string of the molecule is C=C1CCCN(c2cnc[nH]2)C(=O)C1NC. The summed E-state index contributed by atoms with van der Waals surface area (Å²) in [6.45, 7) is 4.66. The van der Waals surface area contributed by atoms with Gasteiger partial charge in [-0.1, -0.05) is 12.2 Å². The third-order valence-corrected chi connectivity index (χ3v) is 2.86. The van der Waals surface area contributed by atoms with E-state index < -0.39 is 0 Å². The Morgan fingerprint density at radius 2 is 2.50 bits per heavy atom. The van der Waals surface area contributed by atoms with Crippen LogP contribution in [0.2, 0.25) is 0 Å². The summed E-state index contributed by atoms with van der Waals surface area (Å²) in [5, 5.41) is 3.01. The van der Waals surface area contributed by atoms with Crippen molar-refractivity contribution in [3.05, 3.63) is 24.7 Å². The number of rotatable bonds is 2. The summed E-state index contributed by atoms with van der Waals surface area (Å²) in [6, 6.07) is -0.286. The van der Waals surface area contributed by atoms with Crippen molar-refractivity contribution in [1.29, 1.82) is 0 Å². The van der Waals surface area contributed by atoms with Gasteiger partial charge in [0, 0.05) is 6.54 Å². The van der Waals surface area contributed by atoms with Gasteiger partial charge in [-0.2, -0.15) is 0 Å². The van der Waals surface area contributed by atoms with E-state index in [4.69, 9.17) is 0 Å². The van der Waals surface area contributed by atoms with Crippen LogP contribution in [0.25, 0.3) is 0 Å². The molecule has 86 valence electrons. The first-order valence-electron chi connectivity index (χ1n) is 5.38. The standard InChI is InChI=1S/C11H16N4O/c1-8-4-3-5-15(9-6-13-7-14-9)11(16)10(8)12-2/h6-7,10,12H,1,3-5H2,2H3,(H,13,14). The van der Waals surface area contributed by atoms with Gasteiger partial charge >= 0.3 is 0 Å². The molecular weight excluding hydrogens is 204 g/mol. The molecule has 1 saturated heterocycles. The zero-order valence-electron chi connectivity index (χ0n) is 9.36. The summed E-state index contributed by atoms with van der Waals surface area (Å²) in [5.41, 5.74) is 0.953. The Labute approximate surface area is 94.6 Å². The number of H-pyrrole nitrogens is 1. The smallest absolute Gasteiger partial charge is 0.249 e. The second kappa shape index (κ2) is 4.49. The predicted molar refractivity (Wildman–Crippen MR) is 62.2 cm³/mol. The minimum Gasteiger partial charge on any atom is -0.331 e. The Morgan fingerprint density at radius 3 is 3.12 bits per heavy atom. The number of likely N-dealkylation sites (N-methyl/N-ethyl adjacent to an activating group) is 1. The number of nitrogens with one attached hydrogen (secondary N) is 2.